The number of aryl methyl sites for hydroxylation is 1. The summed E-state index contributed by atoms with van der Waals surface area (Å²) in [7, 11) is 1.54. The van der Waals surface area contributed by atoms with Crippen molar-refractivity contribution < 1.29 is 24.8 Å². The van der Waals surface area contributed by atoms with Crippen molar-refractivity contribution in [2.24, 2.45) is 0 Å². The van der Waals surface area contributed by atoms with E-state index < -0.39 is 30.1 Å². The van der Waals surface area contributed by atoms with Crippen molar-refractivity contribution in [3.05, 3.63) is 54.1 Å². The van der Waals surface area contributed by atoms with Crippen LogP contribution >= 0.6 is 0 Å². The summed E-state index contributed by atoms with van der Waals surface area (Å²) in [5.74, 6) is 0.579. The Morgan fingerprint density at radius 1 is 1.29 bits per heavy atom. The van der Waals surface area contributed by atoms with Crippen LogP contribution in [0.1, 0.15) is 30.5 Å². The van der Waals surface area contributed by atoms with Gasteiger partial charge in [-0.15, -0.1) is 0 Å². The lowest BCUT2D eigenvalue weighted by Gasteiger charge is -2.29. The number of benzene rings is 1. The summed E-state index contributed by atoms with van der Waals surface area (Å²) in [6.45, 7) is 3.32. The molecule has 0 unspecified atom stereocenters. The lowest BCUT2D eigenvalue weighted by molar-refractivity contribution is -0.115. The minimum atomic E-state index is -1.69. The van der Waals surface area contributed by atoms with Gasteiger partial charge in [0.25, 0.3) is 0 Å². The number of aliphatic hydroxyl groups is 3. The maximum absolute atomic E-state index is 11.0. The molecule has 3 heterocycles. The fourth-order valence-electron chi connectivity index (χ4n) is 3.73. The van der Waals surface area contributed by atoms with Gasteiger partial charge in [0.1, 0.15) is 41.6 Å². The summed E-state index contributed by atoms with van der Waals surface area (Å²) in [6.07, 6.45) is -1.23. The second-order valence-electron chi connectivity index (χ2n) is 7.26. The predicted molar refractivity (Wildman–Crippen MR) is 101 cm³/mol. The Balaban J connectivity index is 1.70. The van der Waals surface area contributed by atoms with E-state index in [1.165, 1.54) is 20.4 Å². The first-order valence-electron chi connectivity index (χ1n) is 9.00. The molecule has 8 nitrogen and oxygen atoms in total. The van der Waals surface area contributed by atoms with Gasteiger partial charge in [-0.2, -0.15) is 0 Å². The molecule has 0 saturated carbocycles. The third-order valence-corrected chi connectivity index (χ3v) is 5.44. The van der Waals surface area contributed by atoms with E-state index in [4.69, 9.17) is 9.47 Å². The van der Waals surface area contributed by atoms with Crippen LogP contribution in [-0.4, -0.2) is 54.8 Å². The van der Waals surface area contributed by atoms with Gasteiger partial charge in [-0.25, -0.2) is 9.97 Å². The molecule has 8 heteroatoms. The SMILES string of the molecule is COc1cccc([C@H](O)[C@H]2O[C@@H](n3ccc4c(C)ncnc43)[C@H](O)[C@]2(C)O)c1. The van der Waals surface area contributed by atoms with Crippen molar-refractivity contribution in [1.82, 2.24) is 14.5 Å². The molecule has 0 bridgehead atoms. The molecular weight excluding hydrogens is 362 g/mol. The van der Waals surface area contributed by atoms with Gasteiger partial charge >= 0.3 is 0 Å². The van der Waals surface area contributed by atoms with Crippen molar-refractivity contribution in [1.29, 1.82) is 0 Å². The number of fused-ring (bicyclic) bond motifs is 1. The van der Waals surface area contributed by atoms with Crippen LogP contribution in [0, 0.1) is 6.92 Å². The Labute approximate surface area is 162 Å². The molecule has 148 valence electrons. The van der Waals surface area contributed by atoms with Gasteiger partial charge in [0, 0.05) is 11.6 Å². The largest absolute Gasteiger partial charge is 0.497 e. The molecule has 0 aliphatic carbocycles. The highest BCUT2D eigenvalue weighted by atomic mass is 16.6. The monoisotopic (exact) mass is 385 g/mol. The van der Waals surface area contributed by atoms with Crippen LogP contribution in [0.25, 0.3) is 11.0 Å². The molecular formula is C20H23N3O5. The van der Waals surface area contributed by atoms with E-state index in [1.807, 2.05) is 13.0 Å². The van der Waals surface area contributed by atoms with Crippen molar-refractivity contribution >= 4 is 11.0 Å². The highest BCUT2D eigenvalue weighted by molar-refractivity contribution is 5.78. The Kier molecular flexibility index (Phi) is 4.59. The van der Waals surface area contributed by atoms with Crippen LogP contribution in [0.2, 0.25) is 0 Å². The maximum atomic E-state index is 11.0. The maximum Gasteiger partial charge on any atom is 0.164 e. The molecule has 1 aliphatic rings. The Bertz CT molecular complexity index is 1000. The zero-order chi connectivity index (χ0) is 20.1. The van der Waals surface area contributed by atoms with Crippen LogP contribution in [0.5, 0.6) is 5.75 Å². The quantitative estimate of drug-likeness (QED) is 0.624. The van der Waals surface area contributed by atoms with Crippen molar-refractivity contribution in [3.63, 3.8) is 0 Å². The number of methoxy groups -OCH3 is 1. The molecule has 1 aromatic carbocycles. The van der Waals surface area contributed by atoms with Crippen molar-refractivity contribution in [2.75, 3.05) is 7.11 Å². The van der Waals surface area contributed by atoms with Crippen LogP contribution in [0.4, 0.5) is 0 Å². The van der Waals surface area contributed by atoms with E-state index in [-0.39, 0.29) is 0 Å². The number of ether oxygens (including phenoxy) is 2. The Hall–Kier alpha value is -2.52. The first-order valence-corrected chi connectivity index (χ1v) is 9.00. The second-order valence-corrected chi connectivity index (χ2v) is 7.26. The van der Waals surface area contributed by atoms with Gasteiger partial charge in [-0.1, -0.05) is 12.1 Å². The van der Waals surface area contributed by atoms with Crippen LogP contribution in [0.3, 0.4) is 0 Å². The molecule has 1 saturated heterocycles. The molecule has 0 radical (unpaired) electrons. The number of hydrogen-bond acceptors (Lipinski definition) is 7. The standard InChI is InChI=1S/C20H23N3O5/c1-11-14-7-8-23(18(14)22-10-21-11)19-16(25)20(2,26)17(28-19)15(24)12-5-4-6-13(9-12)27-3/h4-10,15-17,19,24-26H,1-3H3/t15-,16-,17+,19+,20-/m0/s1. The number of aliphatic hydroxyl groups excluding tert-OH is 2. The topological polar surface area (TPSA) is 110 Å². The van der Waals surface area contributed by atoms with Gasteiger partial charge in [0.15, 0.2) is 6.23 Å². The predicted octanol–water partition coefficient (Wildman–Crippen LogP) is 1.49. The van der Waals surface area contributed by atoms with E-state index in [0.29, 0.717) is 17.0 Å². The van der Waals surface area contributed by atoms with Crippen LogP contribution < -0.4 is 4.74 Å². The molecule has 3 N–H and O–H groups in total. The van der Waals surface area contributed by atoms with Gasteiger partial charge in [-0.05, 0) is 37.6 Å². The highest BCUT2D eigenvalue weighted by Crippen LogP contribution is 2.43. The summed E-state index contributed by atoms with van der Waals surface area (Å²) >= 11 is 0. The van der Waals surface area contributed by atoms with Gasteiger partial charge in [0.05, 0.1) is 12.8 Å². The smallest absolute Gasteiger partial charge is 0.164 e. The lowest BCUT2D eigenvalue weighted by atomic mass is 9.88. The molecule has 3 aromatic rings. The minimum absolute atomic E-state index is 0.521. The summed E-state index contributed by atoms with van der Waals surface area (Å²) in [5, 5.41) is 33.5. The molecule has 28 heavy (non-hydrogen) atoms. The summed E-state index contributed by atoms with van der Waals surface area (Å²) < 4.78 is 12.8. The molecule has 1 fully saturated rings. The first-order chi connectivity index (χ1) is 13.3. The minimum Gasteiger partial charge on any atom is -0.497 e. The summed E-state index contributed by atoms with van der Waals surface area (Å²) in [4.78, 5) is 8.44. The van der Waals surface area contributed by atoms with Crippen molar-refractivity contribution in [2.45, 2.75) is 44.0 Å². The average molecular weight is 385 g/mol. The molecule has 0 spiro atoms. The highest BCUT2D eigenvalue weighted by Gasteiger charge is 2.55. The normalized spacial score (nSPS) is 28.6. The third kappa shape index (κ3) is 2.85. The second kappa shape index (κ2) is 6.82. The third-order valence-electron chi connectivity index (χ3n) is 5.44. The number of nitrogens with zero attached hydrogens (tertiary/aromatic N) is 3. The summed E-state index contributed by atoms with van der Waals surface area (Å²) in [5.41, 5.74) is 0.221. The molecule has 2 aromatic heterocycles. The molecule has 1 aliphatic heterocycles. The molecule has 5 atom stereocenters. The lowest BCUT2D eigenvalue weighted by Crippen LogP contribution is -2.47. The van der Waals surface area contributed by atoms with E-state index in [9.17, 15) is 15.3 Å². The van der Waals surface area contributed by atoms with Crippen LogP contribution in [0.15, 0.2) is 42.9 Å². The van der Waals surface area contributed by atoms with Crippen LogP contribution in [-0.2, 0) is 4.74 Å². The fourth-order valence-corrected chi connectivity index (χ4v) is 3.73. The van der Waals surface area contributed by atoms with E-state index in [0.717, 1.165) is 11.1 Å². The van der Waals surface area contributed by atoms with Crippen molar-refractivity contribution in [3.8, 4) is 5.75 Å². The molecule has 4 rings (SSSR count). The number of aromatic nitrogens is 3. The number of hydrogen-bond donors (Lipinski definition) is 3. The Morgan fingerprint density at radius 3 is 2.82 bits per heavy atom. The number of rotatable bonds is 4. The summed E-state index contributed by atoms with van der Waals surface area (Å²) in [6, 6.07) is 8.73. The van der Waals surface area contributed by atoms with E-state index in [2.05, 4.69) is 9.97 Å². The van der Waals surface area contributed by atoms with E-state index in [1.54, 1.807) is 35.0 Å². The fraction of sp³-hybridized carbons (Fsp3) is 0.400. The molecule has 0 amide bonds. The average Bonchev–Trinajstić information content (AvgIpc) is 3.22. The van der Waals surface area contributed by atoms with Gasteiger partial charge in [-0.3, -0.25) is 0 Å². The zero-order valence-electron chi connectivity index (χ0n) is 15.9. The Morgan fingerprint density at radius 2 is 2.07 bits per heavy atom. The first kappa shape index (κ1) is 18.8. The van der Waals surface area contributed by atoms with Gasteiger partial charge in [0.2, 0.25) is 0 Å². The van der Waals surface area contributed by atoms with E-state index >= 15 is 0 Å². The van der Waals surface area contributed by atoms with Gasteiger partial charge < -0.3 is 29.4 Å². The zero-order valence-corrected chi connectivity index (χ0v) is 15.9.